The van der Waals surface area contributed by atoms with Gasteiger partial charge in [-0.25, -0.2) is 0 Å². The number of amides is 1. The van der Waals surface area contributed by atoms with E-state index in [0.29, 0.717) is 25.5 Å². The summed E-state index contributed by atoms with van der Waals surface area (Å²) in [6.45, 7) is 6.02. The van der Waals surface area contributed by atoms with Gasteiger partial charge in [0.05, 0.1) is 12.5 Å². The van der Waals surface area contributed by atoms with E-state index in [9.17, 15) is 4.79 Å². The average molecular weight is 242 g/mol. The first kappa shape index (κ1) is 14.5. The molecule has 0 aromatic carbocycles. The summed E-state index contributed by atoms with van der Waals surface area (Å²) in [4.78, 5) is 11.7. The molecular formula is C13H26N2O2. The Morgan fingerprint density at radius 3 is 2.82 bits per heavy atom. The van der Waals surface area contributed by atoms with Crippen LogP contribution in [0.4, 0.5) is 0 Å². The molecule has 1 saturated carbocycles. The Kier molecular flexibility index (Phi) is 6.52. The van der Waals surface area contributed by atoms with E-state index in [4.69, 9.17) is 10.5 Å². The minimum atomic E-state index is -0.137. The molecule has 100 valence electrons. The Morgan fingerprint density at radius 2 is 2.29 bits per heavy atom. The summed E-state index contributed by atoms with van der Waals surface area (Å²) in [5, 5.41) is 2.99. The largest absolute Gasteiger partial charge is 0.377 e. The van der Waals surface area contributed by atoms with Crippen LogP contribution in [-0.2, 0) is 9.53 Å². The van der Waals surface area contributed by atoms with Gasteiger partial charge in [0.25, 0.3) is 0 Å². The van der Waals surface area contributed by atoms with Crippen LogP contribution in [0.15, 0.2) is 0 Å². The van der Waals surface area contributed by atoms with Crippen LogP contribution >= 0.6 is 0 Å². The van der Waals surface area contributed by atoms with Gasteiger partial charge in [-0.2, -0.15) is 0 Å². The highest BCUT2D eigenvalue weighted by molar-refractivity contribution is 5.76. The van der Waals surface area contributed by atoms with Gasteiger partial charge >= 0.3 is 0 Å². The summed E-state index contributed by atoms with van der Waals surface area (Å²) in [7, 11) is 0. The molecule has 3 N–H and O–H groups in total. The Morgan fingerprint density at radius 1 is 1.53 bits per heavy atom. The second-order valence-corrected chi connectivity index (χ2v) is 5.11. The van der Waals surface area contributed by atoms with Crippen LogP contribution in [0.5, 0.6) is 0 Å². The van der Waals surface area contributed by atoms with Gasteiger partial charge in [-0.05, 0) is 31.6 Å². The third kappa shape index (κ3) is 5.50. The number of nitrogens with one attached hydrogen (secondary N) is 1. The molecule has 0 bridgehead atoms. The van der Waals surface area contributed by atoms with E-state index < -0.39 is 0 Å². The van der Waals surface area contributed by atoms with E-state index in [0.717, 1.165) is 12.5 Å². The zero-order valence-corrected chi connectivity index (χ0v) is 11.1. The fourth-order valence-corrected chi connectivity index (χ4v) is 2.49. The van der Waals surface area contributed by atoms with Crippen LogP contribution in [0.25, 0.3) is 0 Å². The topological polar surface area (TPSA) is 64.3 Å². The Hall–Kier alpha value is -0.610. The second-order valence-electron chi connectivity index (χ2n) is 5.11. The quantitative estimate of drug-likeness (QED) is 0.707. The second kappa shape index (κ2) is 7.67. The molecule has 0 spiro atoms. The van der Waals surface area contributed by atoms with Gasteiger partial charge in [-0.15, -0.1) is 0 Å². The minimum absolute atomic E-state index is 0.0634. The number of ether oxygens (including phenoxy) is 1. The Labute approximate surface area is 104 Å². The molecule has 0 aromatic rings. The van der Waals surface area contributed by atoms with Crippen LogP contribution in [0.2, 0.25) is 0 Å². The van der Waals surface area contributed by atoms with Crippen molar-refractivity contribution >= 4 is 5.91 Å². The standard InChI is InChI=1S/C13H26N2O2/c1-3-17-12(8-14)7-13(16)15-9-11-5-4-10(2)6-11/h10-12H,3-9,14H2,1-2H3,(H,15,16). The highest BCUT2D eigenvalue weighted by atomic mass is 16.5. The maximum absolute atomic E-state index is 11.7. The van der Waals surface area contributed by atoms with E-state index in [-0.39, 0.29) is 12.0 Å². The Balaban J connectivity index is 2.16. The van der Waals surface area contributed by atoms with Crippen molar-refractivity contribution in [3.05, 3.63) is 0 Å². The molecule has 0 radical (unpaired) electrons. The average Bonchev–Trinajstić information content (AvgIpc) is 2.72. The van der Waals surface area contributed by atoms with Crippen molar-refractivity contribution in [1.29, 1.82) is 0 Å². The number of carbonyl (C=O) groups is 1. The molecule has 17 heavy (non-hydrogen) atoms. The number of hydrogen-bond acceptors (Lipinski definition) is 3. The minimum Gasteiger partial charge on any atom is -0.377 e. The van der Waals surface area contributed by atoms with Crippen molar-refractivity contribution in [2.45, 2.75) is 45.6 Å². The van der Waals surface area contributed by atoms with Crippen LogP contribution in [0.1, 0.15) is 39.5 Å². The molecule has 0 aromatic heterocycles. The van der Waals surface area contributed by atoms with Crippen molar-refractivity contribution in [1.82, 2.24) is 5.32 Å². The van der Waals surface area contributed by atoms with Crippen molar-refractivity contribution in [2.24, 2.45) is 17.6 Å². The SMILES string of the molecule is CCOC(CN)CC(=O)NCC1CCC(C)C1. The van der Waals surface area contributed by atoms with Gasteiger partial charge in [0.1, 0.15) is 0 Å². The lowest BCUT2D eigenvalue weighted by molar-refractivity contribution is -0.123. The molecule has 1 aliphatic carbocycles. The first-order valence-corrected chi connectivity index (χ1v) is 6.74. The molecule has 4 heteroatoms. The van der Waals surface area contributed by atoms with Crippen LogP contribution in [0, 0.1) is 11.8 Å². The molecule has 0 heterocycles. The van der Waals surface area contributed by atoms with Gasteiger partial charge < -0.3 is 15.8 Å². The normalized spacial score (nSPS) is 25.8. The maximum Gasteiger partial charge on any atom is 0.222 e. The predicted octanol–water partition coefficient (Wildman–Crippen LogP) is 1.29. The molecule has 3 unspecified atom stereocenters. The van der Waals surface area contributed by atoms with Crippen LogP contribution in [-0.4, -0.2) is 31.7 Å². The Bertz CT molecular complexity index is 233. The summed E-state index contributed by atoms with van der Waals surface area (Å²) in [5.41, 5.74) is 5.54. The van der Waals surface area contributed by atoms with Crippen molar-refractivity contribution < 1.29 is 9.53 Å². The van der Waals surface area contributed by atoms with Gasteiger partial charge in [-0.1, -0.05) is 13.3 Å². The summed E-state index contributed by atoms with van der Waals surface area (Å²) in [5.74, 6) is 1.54. The fraction of sp³-hybridized carbons (Fsp3) is 0.923. The molecule has 1 rings (SSSR count). The van der Waals surface area contributed by atoms with E-state index in [2.05, 4.69) is 12.2 Å². The van der Waals surface area contributed by atoms with E-state index in [1.165, 1.54) is 19.3 Å². The highest BCUT2D eigenvalue weighted by Crippen LogP contribution is 2.29. The van der Waals surface area contributed by atoms with E-state index in [1.54, 1.807) is 0 Å². The zero-order valence-electron chi connectivity index (χ0n) is 11.1. The maximum atomic E-state index is 11.7. The monoisotopic (exact) mass is 242 g/mol. The third-order valence-electron chi connectivity index (χ3n) is 3.47. The molecule has 3 atom stereocenters. The first-order chi connectivity index (χ1) is 8.15. The van der Waals surface area contributed by atoms with Crippen LogP contribution < -0.4 is 11.1 Å². The van der Waals surface area contributed by atoms with Crippen molar-refractivity contribution in [2.75, 3.05) is 19.7 Å². The molecule has 1 amide bonds. The summed E-state index contributed by atoms with van der Waals surface area (Å²) in [6.07, 6.45) is 4.03. The van der Waals surface area contributed by atoms with Gasteiger partial charge in [0, 0.05) is 19.7 Å². The number of carbonyl (C=O) groups excluding carboxylic acids is 1. The highest BCUT2D eigenvalue weighted by Gasteiger charge is 2.22. The summed E-state index contributed by atoms with van der Waals surface area (Å²) in [6, 6.07) is 0. The van der Waals surface area contributed by atoms with E-state index >= 15 is 0 Å². The van der Waals surface area contributed by atoms with E-state index in [1.807, 2.05) is 6.92 Å². The fourth-order valence-electron chi connectivity index (χ4n) is 2.49. The lowest BCUT2D eigenvalue weighted by Crippen LogP contribution is -2.34. The molecule has 0 aliphatic heterocycles. The summed E-state index contributed by atoms with van der Waals surface area (Å²) >= 11 is 0. The molecule has 0 saturated heterocycles. The number of hydrogen-bond donors (Lipinski definition) is 2. The predicted molar refractivity (Wildman–Crippen MR) is 68.6 cm³/mol. The van der Waals surface area contributed by atoms with Gasteiger partial charge in [0.2, 0.25) is 5.91 Å². The summed E-state index contributed by atoms with van der Waals surface area (Å²) < 4.78 is 5.36. The molecule has 1 fully saturated rings. The lowest BCUT2D eigenvalue weighted by atomic mass is 10.1. The lowest BCUT2D eigenvalue weighted by Gasteiger charge is -2.16. The van der Waals surface area contributed by atoms with Crippen molar-refractivity contribution in [3.8, 4) is 0 Å². The number of rotatable bonds is 7. The zero-order chi connectivity index (χ0) is 12.7. The van der Waals surface area contributed by atoms with Crippen LogP contribution in [0.3, 0.4) is 0 Å². The molecule has 1 aliphatic rings. The smallest absolute Gasteiger partial charge is 0.222 e. The third-order valence-corrected chi connectivity index (χ3v) is 3.47. The van der Waals surface area contributed by atoms with Gasteiger partial charge in [-0.3, -0.25) is 4.79 Å². The van der Waals surface area contributed by atoms with Crippen molar-refractivity contribution in [3.63, 3.8) is 0 Å². The molecule has 4 nitrogen and oxygen atoms in total. The first-order valence-electron chi connectivity index (χ1n) is 6.74. The van der Waals surface area contributed by atoms with Gasteiger partial charge in [0.15, 0.2) is 0 Å². The molecular weight excluding hydrogens is 216 g/mol. The number of nitrogens with two attached hydrogens (primary N) is 1.